The van der Waals surface area contributed by atoms with Crippen LogP contribution in [0.4, 0.5) is 11.5 Å². The van der Waals surface area contributed by atoms with Gasteiger partial charge in [0.1, 0.15) is 5.82 Å². The third-order valence-corrected chi connectivity index (χ3v) is 4.10. The molecule has 1 amide bonds. The molecule has 3 aromatic rings. The normalized spacial score (nSPS) is 10.6. The number of hydrogen-bond donors (Lipinski definition) is 2. The molecule has 0 aliphatic heterocycles. The highest BCUT2D eigenvalue weighted by Gasteiger charge is 2.12. The van der Waals surface area contributed by atoms with Crippen molar-refractivity contribution in [2.24, 2.45) is 0 Å². The summed E-state index contributed by atoms with van der Waals surface area (Å²) < 4.78 is 0. The molecule has 0 saturated heterocycles. The maximum absolute atomic E-state index is 12.7. The highest BCUT2D eigenvalue weighted by molar-refractivity contribution is 6.07. The number of carbonyl (C=O) groups is 1. The summed E-state index contributed by atoms with van der Waals surface area (Å²) in [7, 11) is 0. The van der Waals surface area contributed by atoms with Crippen LogP contribution in [-0.4, -0.2) is 15.9 Å². The minimum Gasteiger partial charge on any atom is -0.365 e. The quantitative estimate of drug-likeness (QED) is 0.677. The first-order chi connectivity index (χ1) is 12.6. The third-order valence-electron chi connectivity index (χ3n) is 4.10. The van der Waals surface area contributed by atoms with Gasteiger partial charge in [-0.25, -0.2) is 4.98 Å². The van der Waals surface area contributed by atoms with E-state index in [4.69, 9.17) is 0 Å². The average Bonchev–Trinajstić information content (AvgIpc) is 2.68. The van der Waals surface area contributed by atoms with Gasteiger partial charge in [-0.2, -0.15) is 0 Å². The molecule has 1 aromatic carbocycles. The predicted molar refractivity (Wildman–Crippen MR) is 106 cm³/mol. The second kappa shape index (κ2) is 8.25. The lowest BCUT2D eigenvalue weighted by molar-refractivity contribution is 0.102. The number of aromatic nitrogens is 2. The van der Waals surface area contributed by atoms with Crippen molar-refractivity contribution in [3.8, 4) is 0 Å². The molecule has 0 aliphatic rings. The highest BCUT2D eigenvalue weighted by atomic mass is 16.1. The Kier molecular flexibility index (Phi) is 5.59. The molecule has 0 spiro atoms. The number of carbonyl (C=O) groups excluding carboxylic acids is 1. The molecule has 5 heteroatoms. The Balaban J connectivity index is 0.00000261. The molecule has 0 saturated carbocycles. The smallest absolute Gasteiger partial charge is 0.259 e. The number of amides is 1. The van der Waals surface area contributed by atoms with Crippen LogP contribution in [0.25, 0.3) is 0 Å². The van der Waals surface area contributed by atoms with E-state index in [-0.39, 0.29) is 7.33 Å². The summed E-state index contributed by atoms with van der Waals surface area (Å²) in [6, 6.07) is 15.3. The van der Waals surface area contributed by atoms with Gasteiger partial charge in [0, 0.05) is 32.2 Å². The predicted octanol–water partition coefficient (Wildman–Crippen LogP) is 4.71. The van der Waals surface area contributed by atoms with Crippen molar-refractivity contribution in [1.82, 2.24) is 9.97 Å². The fourth-order valence-electron chi connectivity index (χ4n) is 2.57. The lowest BCUT2D eigenvalue weighted by Crippen LogP contribution is -2.15. The Morgan fingerprint density at radius 1 is 1.04 bits per heavy atom. The molecule has 0 aliphatic carbocycles. The van der Waals surface area contributed by atoms with Gasteiger partial charge in [0.05, 0.1) is 5.56 Å². The van der Waals surface area contributed by atoms with Crippen LogP contribution in [0.5, 0.6) is 0 Å². The monoisotopic (exact) mass is 348 g/mol. The van der Waals surface area contributed by atoms with Crippen molar-refractivity contribution in [2.75, 3.05) is 10.6 Å². The standard InChI is InChI=1S/C21H22N4O.H2/c1-15(2)17-5-7-18(8-6-17)25-21(26)19-4-3-11-23-20(19)24-14-16-9-12-22-13-10-16;/h3-13,15H,14H2,1-2H3,(H,23,24)(H,25,26);1H. The van der Waals surface area contributed by atoms with Gasteiger partial charge in [0.15, 0.2) is 0 Å². The summed E-state index contributed by atoms with van der Waals surface area (Å²) in [5, 5.41) is 6.15. The second-order valence-electron chi connectivity index (χ2n) is 6.34. The molecule has 0 atom stereocenters. The summed E-state index contributed by atoms with van der Waals surface area (Å²) >= 11 is 0. The molecule has 0 fully saturated rings. The Morgan fingerprint density at radius 3 is 2.46 bits per heavy atom. The largest absolute Gasteiger partial charge is 0.365 e. The third kappa shape index (κ3) is 4.45. The number of benzene rings is 1. The van der Waals surface area contributed by atoms with E-state index in [9.17, 15) is 4.79 Å². The van der Waals surface area contributed by atoms with E-state index in [0.717, 1.165) is 11.3 Å². The van der Waals surface area contributed by atoms with E-state index in [2.05, 4.69) is 34.4 Å². The van der Waals surface area contributed by atoms with Crippen LogP contribution in [0.3, 0.4) is 0 Å². The van der Waals surface area contributed by atoms with Gasteiger partial charge in [-0.1, -0.05) is 26.0 Å². The van der Waals surface area contributed by atoms with E-state index in [1.54, 1.807) is 30.7 Å². The SMILES string of the molecule is CC(C)c1ccc(NC(=O)c2cccnc2NCc2ccncc2)cc1.[HH]. The maximum Gasteiger partial charge on any atom is 0.259 e. The fraction of sp³-hybridized carbons (Fsp3) is 0.190. The van der Waals surface area contributed by atoms with E-state index >= 15 is 0 Å². The van der Waals surface area contributed by atoms with Gasteiger partial charge >= 0.3 is 0 Å². The molecule has 134 valence electrons. The van der Waals surface area contributed by atoms with Crippen molar-refractivity contribution < 1.29 is 6.22 Å². The minimum absolute atomic E-state index is 0. The molecule has 0 unspecified atom stereocenters. The lowest BCUT2D eigenvalue weighted by atomic mass is 10.0. The van der Waals surface area contributed by atoms with Crippen LogP contribution in [0.15, 0.2) is 67.1 Å². The molecular formula is C21H24N4O. The number of anilines is 2. The summed E-state index contributed by atoms with van der Waals surface area (Å²) in [4.78, 5) is 21.0. The number of nitrogens with zero attached hydrogens (tertiary/aromatic N) is 2. The van der Waals surface area contributed by atoms with E-state index in [1.807, 2.05) is 36.4 Å². The van der Waals surface area contributed by atoms with Crippen LogP contribution in [0, 0.1) is 0 Å². The highest BCUT2D eigenvalue weighted by Crippen LogP contribution is 2.19. The first kappa shape index (κ1) is 17.6. The molecule has 2 heterocycles. The summed E-state index contributed by atoms with van der Waals surface area (Å²) in [6.45, 7) is 4.86. The summed E-state index contributed by atoms with van der Waals surface area (Å²) in [6.07, 6.45) is 5.15. The van der Waals surface area contributed by atoms with Gasteiger partial charge in [0.2, 0.25) is 0 Å². The number of rotatable bonds is 6. The van der Waals surface area contributed by atoms with Crippen LogP contribution < -0.4 is 10.6 Å². The van der Waals surface area contributed by atoms with Crippen molar-refractivity contribution in [3.63, 3.8) is 0 Å². The van der Waals surface area contributed by atoms with Gasteiger partial charge in [0.25, 0.3) is 5.91 Å². The summed E-state index contributed by atoms with van der Waals surface area (Å²) in [5.41, 5.74) is 3.59. The second-order valence-corrected chi connectivity index (χ2v) is 6.34. The molecule has 2 N–H and O–H groups in total. The van der Waals surface area contributed by atoms with Crippen molar-refractivity contribution in [1.29, 1.82) is 0 Å². The lowest BCUT2D eigenvalue weighted by Gasteiger charge is -2.12. The molecule has 0 bridgehead atoms. The van der Waals surface area contributed by atoms with Gasteiger partial charge in [-0.15, -0.1) is 0 Å². The molecule has 2 aromatic heterocycles. The number of pyridine rings is 2. The van der Waals surface area contributed by atoms with Crippen LogP contribution in [0.2, 0.25) is 0 Å². The first-order valence-electron chi connectivity index (χ1n) is 8.62. The topological polar surface area (TPSA) is 66.9 Å². The van der Waals surface area contributed by atoms with E-state index in [1.165, 1.54) is 5.56 Å². The van der Waals surface area contributed by atoms with Crippen LogP contribution >= 0.6 is 0 Å². The Bertz CT molecular complexity index is 867. The zero-order valence-corrected chi connectivity index (χ0v) is 14.9. The zero-order valence-electron chi connectivity index (χ0n) is 14.9. The number of hydrogen-bond acceptors (Lipinski definition) is 4. The Labute approximate surface area is 155 Å². The Morgan fingerprint density at radius 2 is 1.77 bits per heavy atom. The van der Waals surface area contributed by atoms with Gasteiger partial charge in [-0.05, 0) is 53.4 Å². The number of nitrogens with one attached hydrogen (secondary N) is 2. The summed E-state index contributed by atoms with van der Waals surface area (Å²) in [5.74, 6) is 0.829. The Hall–Kier alpha value is -3.21. The molecule has 0 radical (unpaired) electrons. The zero-order chi connectivity index (χ0) is 18.4. The van der Waals surface area contributed by atoms with Crippen molar-refractivity contribution in [2.45, 2.75) is 26.3 Å². The molecular weight excluding hydrogens is 324 g/mol. The van der Waals surface area contributed by atoms with E-state index < -0.39 is 0 Å². The van der Waals surface area contributed by atoms with Crippen molar-refractivity contribution in [3.05, 3.63) is 83.8 Å². The van der Waals surface area contributed by atoms with Crippen LogP contribution in [-0.2, 0) is 6.54 Å². The maximum atomic E-state index is 12.7. The van der Waals surface area contributed by atoms with Crippen molar-refractivity contribution >= 4 is 17.4 Å². The van der Waals surface area contributed by atoms with Gasteiger partial charge < -0.3 is 10.6 Å². The first-order valence-corrected chi connectivity index (χ1v) is 8.62. The fourth-order valence-corrected chi connectivity index (χ4v) is 2.57. The van der Waals surface area contributed by atoms with Gasteiger partial charge in [-0.3, -0.25) is 9.78 Å². The van der Waals surface area contributed by atoms with E-state index in [0.29, 0.717) is 23.8 Å². The molecule has 26 heavy (non-hydrogen) atoms. The van der Waals surface area contributed by atoms with Crippen LogP contribution in [0.1, 0.15) is 42.7 Å². The molecule has 5 nitrogen and oxygen atoms in total. The molecule has 3 rings (SSSR count). The average molecular weight is 348 g/mol. The minimum atomic E-state index is -0.187.